The monoisotopic (exact) mass is 256 g/mol. The standard InChI is InChI=1S/C12H17ClN2O2/c1-8(2)4-5-14-11-7-9(12(16)17-3)6-10(13)15-11/h6-8H,4-5H2,1-3H3,(H,14,15). The Morgan fingerprint density at radius 1 is 1.53 bits per heavy atom. The van der Waals surface area contributed by atoms with Crippen LogP contribution >= 0.6 is 11.6 Å². The molecule has 17 heavy (non-hydrogen) atoms. The van der Waals surface area contributed by atoms with Crippen LogP contribution in [-0.2, 0) is 4.74 Å². The molecule has 0 saturated carbocycles. The zero-order chi connectivity index (χ0) is 12.8. The normalized spacial score (nSPS) is 10.4. The molecule has 0 aliphatic rings. The first-order valence-corrected chi connectivity index (χ1v) is 5.90. The number of ether oxygens (including phenoxy) is 1. The topological polar surface area (TPSA) is 51.2 Å². The van der Waals surface area contributed by atoms with E-state index in [0.717, 1.165) is 13.0 Å². The fourth-order valence-electron chi connectivity index (χ4n) is 1.31. The minimum atomic E-state index is -0.416. The molecule has 4 nitrogen and oxygen atoms in total. The van der Waals surface area contributed by atoms with Crippen molar-refractivity contribution in [3.05, 3.63) is 22.8 Å². The number of halogens is 1. The van der Waals surface area contributed by atoms with Gasteiger partial charge in [0.05, 0.1) is 12.7 Å². The summed E-state index contributed by atoms with van der Waals surface area (Å²) in [6.45, 7) is 5.09. The van der Waals surface area contributed by atoms with E-state index in [4.69, 9.17) is 11.6 Å². The van der Waals surface area contributed by atoms with E-state index >= 15 is 0 Å². The summed E-state index contributed by atoms with van der Waals surface area (Å²) in [5.74, 6) is 0.793. The number of methoxy groups -OCH3 is 1. The second kappa shape index (κ2) is 6.45. The van der Waals surface area contributed by atoms with E-state index in [1.165, 1.54) is 13.2 Å². The molecule has 0 atom stereocenters. The van der Waals surface area contributed by atoms with E-state index < -0.39 is 5.97 Å². The first-order chi connectivity index (χ1) is 8.02. The lowest BCUT2D eigenvalue weighted by molar-refractivity contribution is 0.0600. The number of nitrogens with zero attached hydrogens (tertiary/aromatic N) is 1. The Balaban J connectivity index is 2.72. The van der Waals surface area contributed by atoms with Crippen LogP contribution in [0.1, 0.15) is 30.6 Å². The summed E-state index contributed by atoms with van der Waals surface area (Å²) in [5.41, 5.74) is 0.402. The van der Waals surface area contributed by atoms with E-state index in [1.807, 2.05) is 0 Å². The van der Waals surface area contributed by atoms with Gasteiger partial charge in [-0.2, -0.15) is 0 Å². The van der Waals surface area contributed by atoms with E-state index in [1.54, 1.807) is 6.07 Å². The van der Waals surface area contributed by atoms with E-state index in [2.05, 4.69) is 28.9 Å². The van der Waals surface area contributed by atoms with Gasteiger partial charge in [-0.1, -0.05) is 25.4 Å². The molecule has 1 rings (SSSR count). The van der Waals surface area contributed by atoms with Gasteiger partial charge in [-0.3, -0.25) is 0 Å². The van der Waals surface area contributed by atoms with Crippen LogP contribution in [0.3, 0.4) is 0 Å². The van der Waals surface area contributed by atoms with Gasteiger partial charge in [-0.05, 0) is 24.5 Å². The lowest BCUT2D eigenvalue weighted by Crippen LogP contribution is -2.08. The smallest absolute Gasteiger partial charge is 0.338 e. The summed E-state index contributed by atoms with van der Waals surface area (Å²) in [7, 11) is 1.34. The van der Waals surface area contributed by atoms with Crippen LogP contribution in [0.2, 0.25) is 5.15 Å². The maximum absolute atomic E-state index is 11.4. The van der Waals surface area contributed by atoms with Gasteiger partial charge in [0.15, 0.2) is 0 Å². The Kier molecular flexibility index (Phi) is 5.22. The lowest BCUT2D eigenvalue weighted by Gasteiger charge is -2.09. The third-order valence-electron chi connectivity index (χ3n) is 2.24. The molecule has 1 aromatic rings. The Bertz CT molecular complexity index is 394. The van der Waals surface area contributed by atoms with Crippen LogP contribution < -0.4 is 5.32 Å². The van der Waals surface area contributed by atoms with Gasteiger partial charge in [0.25, 0.3) is 0 Å². The van der Waals surface area contributed by atoms with Crippen molar-refractivity contribution >= 4 is 23.4 Å². The summed E-state index contributed by atoms with van der Waals surface area (Å²) in [6.07, 6.45) is 1.03. The number of nitrogens with one attached hydrogen (secondary N) is 1. The molecule has 1 heterocycles. The Morgan fingerprint density at radius 3 is 2.82 bits per heavy atom. The number of anilines is 1. The number of rotatable bonds is 5. The van der Waals surface area contributed by atoms with Crippen molar-refractivity contribution in [2.75, 3.05) is 19.0 Å². The number of pyridine rings is 1. The van der Waals surface area contributed by atoms with Gasteiger partial charge in [0, 0.05) is 6.54 Å². The first-order valence-electron chi connectivity index (χ1n) is 5.52. The summed E-state index contributed by atoms with van der Waals surface area (Å²) in [4.78, 5) is 15.5. The SMILES string of the molecule is COC(=O)c1cc(Cl)nc(NCCC(C)C)c1. The Labute approximate surface area is 106 Å². The number of carbonyl (C=O) groups excluding carboxylic acids is 1. The molecule has 0 amide bonds. The van der Waals surface area contributed by atoms with Crippen molar-refractivity contribution < 1.29 is 9.53 Å². The second-order valence-corrected chi connectivity index (χ2v) is 4.55. The molecule has 0 fully saturated rings. The molecule has 0 unspecified atom stereocenters. The molecule has 0 aliphatic carbocycles. The number of carbonyl (C=O) groups is 1. The summed E-state index contributed by atoms with van der Waals surface area (Å²) >= 11 is 5.83. The molecule has 5 heteroatoms. The van der Waals surface area contributed by atoms with Gasteiger partial charge in [0.2, 0.25) is 0 Å². The first kappa shape index (κ1) is 13.8. The van der Waals surface area contributed by atoms with E-state index in [9.17, 15) is 4.79 Å². The van der Waals surface area contributed by atoms with Crippen molar-refractivity contribution in [2.24, 2.45) is 5.92 Å². The molecular formula is C12H17ClN2O2. The van der Waals surface area contributed by atoms with Crippen molar-refractivity contribution in [3.8, 4) is 0 Å². The van der Waals surface area contributed by atoms with E-state index in [-0.39, 0.29) is 5.15 Å². The number of hydrogen-bond donors (Lipinski definition) is 1. The molecule has 0 aromatic carbocycles. The molecule has 0 radical (unpaired) electrons. The third-order valence-corrected chi connectivity index (χ3v) is 2.44. The molecule has 94 valence electrons. The molecule has 1 aromatic heterocycles. The van der Waals surface area contributed by atoms with Crippen molar-refractivity contribution in [1.82, 2.24) is 4.98 Å². The Morgan fingerprint density at radius 2 is 2.24 bits per heavy atom. The molecule has 0 spiro atoms. The van der Waals surface area contributed by atoms with Gasteiger partial charge in [-0.25, -0.2) is 9.78 Å². The fourth-order valence-corrected chi connectivity index (χ4v) is 1.52. The van der Waals surface area contributed by atoms with Gasteiger partial charge >= 0.3 is 5.97 Å². The highest BCUT2D eigenvalue weighted by Crippen LogP contribution is 2.15. The quantitative estimate of drug-likeness (QED) is 0.650. The zero-order valence-corrected chi connectivity index (χ0v) is 11.0. The van der Waals surface area contributed by atoms with Crippen LogP contribution in [0.4, 0.5) is 5.82 Å². The zero-order valence-electron chi connectivity index (χ0n) is 10.3. The average Bonchev–Trinajstić information content (AvgIpc) is 2.26. The van der Waals surface area contributed by atoms with Crippen LogP contribution in [0, 0.1) is 5.92 Å². The Hall–Kier alpha value is -1.29. The maximum atomic E-state index is 11.4. The predicted octanol–water partition coefficient (Wildman–Crippen LogP) is 2.98. The minimum absolute atomic E-state index is 0.278. The van der Waals surface area contributed by atoms with Crippen LogP contribution in [0.15, 0.2) is 12.1 Å². The van der Waals surface area contributed by atoms with Crippen LogP contribution in [-0.4, -0.2) is 24.6 Å². The summed E-state index contributed by atoms with van der Waals surface area (Å²) in [6, 6.07) is 3.12. The minimum Gasteiger partial charge on any atom is -0.465 e. The van der Waals surface area contributed by atoms with Crippen molar-refractivity contribution in [2.45, 2.75) is 20.3 Å². The van der Waals surface area contributed by atoms with E-state index in [0.29, 0.717) is 17.3 Å². The third kappa shape index (κ3) is 4.61. The van der Waals surface area contributed by atoms with Crippen LogP contribution in [0.25, 0.3) is 0 Å². The molecule has 0 aliphatic heterocycles. The van der Waals surface area contributed by atoms with Crippen molar-refractivity contribution in [1.29, 1.82) is 0 Å². The number of hydrogen-bond acceptors (Lipinski definition) is 4. The predicted molar refractivity (Wildman–Crippen MR) is 68.5 cm³/mol. The summed E-state index contributed by atoms with van der Waals surface area (Å²) < 4.78 is 4.64. The van der Waals surface area contributed by atoms with Gasteiger partial charge in [0.1, 0.15) is 11.0 Å². The second-order valence-electron chi connectivity index (χ2n) is 4.16. The van der Waals surface area contributed by atoms with Crippen LogP contribution in [0.5, 0.6) is 0 Å². The molecule has 1 N–H and O–H groups in total. The highest BCUT2D eigenvalue weighted by Gasteiger charge is 2.09. The maximum Gasteiger partial charge on any atom is 0.338 e. The number of esters is 1. The highest BCUT2D eigenvalue weighted by molar-refractivity contribution is 6.29. The largest absolute Gasteiger partial charge is 0.465 e. The number of aromatic nitrogens is 1. The molecular weight excluding hydrogens is 240 g/mol. The summed E-state index contributed by atoms with van der Waals surface area (Å²) in [5, 5.41) is 3.41. The molecule has 0 saturated heterocycles. The van der Waals surface area contributed by atoms with Gasteiger partial charge < -0.3 is 10.1 Å². The highest BCUT2D eigenvalue weighted by atomic mass is 35.5. The van der Waals surface area contributed by atoms with Crippen molar-refractivity contribution in [3.63, 3.8) is 0 Å². The lowest BCUT2D eigenvalue weighted by atomic mass is 10.1. The fraction of sp³-hybridized carbons (Fsp3) is 0.500. The average molecular weight is 257 g/mol. The van der Waals surface area contributed by atoms with Gasteiger partial charge in [-0.15, -0.1) is 0 Å². The molecule has 0 bridgehead atoms.